The zero-order chi connectivity index (χ0) is 18.3. The van der Waals surface area contributed by atoms with Gasteiger partial charge in [0.05, 0.1) is 4.90 Å². The number of aryl methyl sites for hydroxylation is 1. The molecule has 26 heavy (non-hydrogen) atoms. The largest absolute Gasteiger partial charge is 0.308 e. The Bertz CT molecular complexity index is 953. The summed E-state index contributed by atoms with van der Waals surface area (Å²) < 4.78 is 40.6. The van der Waals surface area contributed by atoms with Gasteiger partial charge in [0.1, 0.15) is 5.82 Å². The van der Waals surface area contributed by atoms with Crippen molar-refractivity contribution >= 4 is 21.6 Å². The van der Waals surface area contributed by atoms with Gasteiger partial charge in [-0.3, -0.25) is 4.79 Å². The highest BCUT2D eigenvalue weighted by Crippen LogP contribution is 2.31. The number of fused-ring (bicyclic) bond motifs is 1. The SMILES string of the molecule is O=C(c1ccc(F)cc1)N1CCCc2cc(S(=O)(=O)NC3CC3)ccc21. The van der Waals surface area contributed by atoms with Crippen LogP contribution in [0.15, 0.2) is 47.4 Å². The summed E-state index contributed by atoms with van der Waals surface area (Å²) in [5, 5.41) is 0. The van der Waals surface area contributed by atoms with E-state index < -0.39 is 15.8 Å². The van der Waals surface area contributed by atoms with Crippen LogP contribution in [0.25, 0.3) is 0 Å². The first-order valence-electron chi connectivity index (χ1n) is 8.67. The van der Waals surface area contributed by atoms with E-state index in [-0.39, 0.29) is 16.8 Å². The van der Waals surface area contributed by atoms with Gasteiger partial charge in [0.15, 0.2) is 0 Å². The van der Waals surface area contributed by atoms with Gasteiger partial charge in [0, 0.05) is 23.8 Å². The molecule has 0 aromatic heterocycles. The van der Waals surface area contributed by atoms with Crippen LogP contribution >= 0.6 is 0 Å². The van der Waals surface area contributed by atoms with Crippen molar-refractivity contribution < 1.29 is 17.6 Å². The highest BCUT2D eigenvalue weighted by atomic mass is 32.2. The van der Waals surface area contributed by atoms with Gasteiger partial charge in [0.2, 0.25) is 10.0 Å². The number of sulfonamides is 1. The predicted molar refractivity (Wildman–Crippen MR) is 96.2 cm³/mol. The predicted octanol–water partition coefficient (Wildman–Crippen LogP) is 2.86. The van der Waals surface area contributed by atoms with Gasteiger partial charge < -0.3 is 4.90 Å². The number of hydrogen-bond donors (Lipinski definition) is 1. The Morgan fingerprint density at radius 3 is 2.54 bits per heavy atom. The topological polar surface area (TPSA) is 66.5 Å². The summed E-state index contributed by atoms with van der Waals surface area (Å²) in [6.45, 7) is 0.551. The van der Waals surface area contributed by atoms with Crippen LogP contribution in [0.2, 0.25) is 0 Å². The number of hydrogen-bond acceptors (Lipinski definition) is 3. The van der Waals surface area contributed by atoms with E-state index in [4.69, 9.17) is 0 Å². The lowest BCUT2D eigenvalue weighted by atomic mass is 10.0. The Morgan fingerprint density at radius 1 is 1.12 bits per heavy atom. The maximum Gasteiger partial charge on any atom is 0.258 e. The summed E-state index contributed by atoms with van der Waals surface area (Å²) in [6, 6.07) is 10.4. The molecule has 7 heteroatoms. The fourth-order valence-electron chi connectivity index (χ4n) is 3.19. The molecule has 0 bridgehead atoms. The lowest BCUT2D eigenvalue weighted by molar-refractivity contribution is 0.0985. The quantitative estimate of drug-likeness (QED) is 0.895. The van der Waals surface area contributed by atoms with Crippen LogP contribution in [0.4, 0.5) is 10.1 Å². The zero-order valence-electron chi connectivity index (χ0n) is 14.1. The fourth-order valence-corrected chi connectivity index (χ4v) is 4.54. The normalized spacial score (nSPS) is 17.0. The first-order chi connectivity index (χ1) is 12.4. The molecule has 0 unspecified atom stereocenters. The second kappa shape index (κ2) is 6.48. The Balaban J connectivity index is 1.64. The average Bonchev–Trinajstić information content (AvgIpc) is 3.44. The summed E-state index contributed by atoms with van der Waals surface area (Å²) >= 11 is 0. The van der Waals surface area contributed by atoms with Gasteiger partial charge in [-0.25, -0.2) is 17.5 Å². The molecule has 2 aliphatic rings. The van der Waals surface area contributed by atoms with Crippen molar-refractivity contribution in [1.29, 1.82) is 0 Å². The smallest absolute Gasteiger partial charge is 0.258 e. The van der Waals surface area contributed by atoms with E-state index >= 15 is 0 Å². The van der Waals surface area contributed by atoms with E-state index in [2.05, 4.69) is 4.72 Å². The Kier molecular flexibility index (Phi) is 4.28. The first kappa shape index (κ1) is 17.2. The summed E-state index contributed by atoms with van der Waals surface area (Å²) in [5.41, 5.74) is 1.97. The summed E-state index contributed by atoms with van der Waals surface area (Å²) in [5.74, 6) is -0.601. The molecule has 2 aromatic rings. The van der Waals surface area contributed by atoms with Crippen LogP contribution in [-0.4, -0.2) is 26.9 Å². The molecule has 2 aromatic carbocycles. The number of nitrogens with one attached hydrogen (secondary N) is 1. The maximum atomic E-state index is 13.1. The van der Waals surface area contributed by atoms with E-state index in [0.717, 1.165) is 36.9 Å². The van der Waals surface area contributed by atoms with Gasteiger partial charge in [0.25, 0.3) is 5.91 Å². The van der Waals surface area contributed by atoms with E-state index in [9.17, 15) is 17.6 Å². The molecule has 136 valence electrons. The van der Waals surface area contributed by atoms with Crippen molar-refractivity contribution in [1.82, 2.24) is 4.72 Å². The van der Waals surface area contributed by atoms with Crippen LogP contribution in [0.5, 0.6) is 0 Å². The Labute approximate surface area is 151 Å². The molecular formula is C19H19FN2O3S. The number of carbonyl (C=O) groups excluding carboxylic acids is 1. The summed E-state index contributed by atoms with van der Waals surface area (Å²) in [7, 11) is -3.52. The fraction of sp³-hybridized carbons (Fsp3) is 0.316. The van der Waals surface area contributed by atoms with Crippen LogP contribution in [0.1, 0.15) is 35.2 Å². The van der Waals surface area contributed by atoms with E-state index in [1.54, 1.807) is 23.1 Å². The van der Waals surface area contributed by atoms with Crippen LogP contribution in [0, 0.1) is 5.82 Å². The molecule has 1 fully saturated rings. The molecule has 5 nitrogen and oxygen atoms in total. The molecule has 0 radical (unpaired) electrons. The minimum absolute atomic E-state index is 0.0487. The van der Waals surface area contributed by atoms with E-state index in [0.29, 0.717) is 12.1 Å². The molecule has 4 rings (SSSR count). The molecule has 1 heterocycles. The number of anilines is 1. The standard InChI is InChI=1S/C19H19FN2O3S/c20-15-5-3-13(4-6-15)19(23)22-11-1-2-14-12-17(9-10-18(14)22)26(24,25)21-16-7-8-16/h3-6,9-10,12,16,21H,1-2,7-8,11H2. The van der Waals surface area contributed by atoms with Gasteiger partial charge in [-0.1, -0.05) is 0 Å². The number of halogens is 1. The highest BCUT2D eigenvalue weighted by Gasteiger charge is 2.30. The molecular weight excluding hydrogens is 355 g/mol. The second-order valence-corrected chi connectivity index (χ2v) is 8.47. The molecule has 1 aliphatic carbocycles. The molecule has 0 spiro atoms. The minimum atomic E-state index is -3.52. The zero-order valence-corrected chi connectivity index (χ0v) is 14.9. The number of nitrogens with zero attached hydrogens (tertiary/aromatic N) is 1. The van der Waals surface area contributed by atoms with Crippen molar-refractivity contribution in [2.45, 2.75) is 36.6 Å². The molecule has 1 N–H and O–H groups in total. The third-order valence-corrected chi connectivity index (χ3v) is 6.23. The Morgan fingerprint density at radius 2 is 1.85 bits per heavy atom. The summed E-state index contributed by atoms with van der Waals surface area (Å²) in [4.78, 5) is 14.7. The van der Waals surface area contributed by atoms with E-state index in [1.165, 1.54) is 24.3 Å². The highest BCUT2D eigenvalue weighted by molar-refractivity contribution is 7.89. The lowest BCUT2D eigenvalue weighted by Crippen LogP contribution is -2.35. The monoisotopic (exact) mass is 374 g/mol. The number of carbonyl (C=O) groups is 1. The number of amides is 1. The third kappa shape index (κ3) is 3.37. The summed E-state index contributed by atoms with van der Waals surface area (Å²) in [6.07, 6.45) is 3.23. The van der Waals surface area contributed by atoms with Crippen LogP contribution in [0.3, 0.4) is 0 Å². The van der Waals surface area contributed by atoms with Crippen molar-refractivity contribution in [3.63, 3.8) is 0 Å². The van der Waals surface area contributed by atoms with Crippen molar-refractivity contribution in [2.75, 3.05) is 11.4 Å². The van der Waals surface area contributed by atoms with Gasteiger partial charge in [-0.2, -0.15) is 0 Å². The van der Waals surface area contributed by atoms with Crippen molar-refractivity contribution in [3.05, 3.63) is 59.4 Å². The number of rotatable bonds is 4. The number of benzene rings is 2. The van der Waals surface area contributed by atoms with Gasteiger partial charge in [-0.05, 0) is 73.7 Å². The van der Waals surface area contributed by atoms with Crippen LogP contribution in [-0.2, 0) is 16.4 Å². The van der Waals surface area contributed by atoms with Crippen molar-refractivity contribution in [2.24, 2.45) is 0 Å². The van der Waals surface area contributed by atoms with Crippen LogP contribution < -0.4 is 9.62 Å². The third-order valence-electron chi connectivity index (χ3n) is 4.72. The molecule has 0 saturated heterocycles. The van der Waals surface area contributed by atoms with E-state index in [1.807, 2.05) is 0 Å². The molecule has 0 atom stereocenters. The second-order valence-electron chi connectivity index (χ2n) is 6.75. The molecule has 1 amide bonds. The molecule has 1 saturated carbocycles. The Hall–Kier alpha value is -2.25. The first-order valence-corrected chi connectivity index (χ1v) is 10.1. The molecule has 1 aliphatic heterocycles. The minimum Gasteiger partial charge on any atom is -0.308 e. The average molecular weight is 374 g/mol. The lowest BCUT2D eigenvalue weighted by Gasteiger charge is -2.30. The van der Waals surface area contributed by atoms with Crippen molar-refractivity contribution in [3.8, 4) is 0 Å². The maximum absolute atomic E-state index is 13.1. The van der Waals surface area contributed by atoms with Gasteiger partial charge >= 0.3 is 0 Å². The van der Waals surface area contributed by atoms with Gasteiger partial charge in [-0.15, -0.1) is 0 Å².